The number of nitrogens with one attached hydrogen (secondary N) is 1. The summed E-state index contributed by atoms with van der Waals surface area (Å²) in [7, 11) is 0. The first-order valence-electron chi connectivity index (χ1n) is 41.1. The van der Waals surface area contributed by atoms with Gasteiger partial charge in [0.2, 0.25) is 5.91 Å². The molecule has 2 unspecified atom stereocenters. The quantitative estimate of drug-likeness (QED) is 0.0320. The Balaban J connectivity index is 3.32. The van der Waals surface area contributed by atoms with Crippen molar-refractivity contribution in [3.8, 4) is 0 Å². The van der Waals surface area contributed by atoms with Gasteiger partial charge in [-0.3, -0.25) is 9.59 Å². The van der Waals surface area contributed by atoms with E-state index in [1.165, 1.54) is 405 Å². The summed E-state index contributed by atoms with van der Waals surface area (Å²) in [6, 6.07) is -0.625. The number of aliphatic hydroxyl groups excluding tert-OH is 2. The van der Waals surface area contributed by atoms with Gasteiger partial charge in [-0.2, -0.15) is 0 Å². The second kappa shape index (κ2) is 78.8. The van der Waals surface area contributed by atoms with Gasteiger partial charge in [-0.25, -0.2) is 0 Å². The first-order chi connectivity index (χ1) is 44.0. The zero-order chi connectivity index (χ0) is 64.2. The third kappa shape index (κ3) is 75.3. The van der Waals surface area contributed by atoms with Crippen LogP contribution < -0.4 is 5.32 Å². The van der Waals surface area contributed by atoms with E-state index < -0.39 is 12.1 Å². The van der Waals surface area contributed by atoms with Gasteiger partial charge < -0.3 is 20.3 Å². The number of unbranched alkanes of at least 4 members (excludes halogenated alkanes) is 65. The number of allylic oxidation sites excluding steroid dienone is 3. The first kappa shape index (κ1) is 87.3. The summed E-state index contributed by atoms with van der Waals surface area (Å²) >= 11 is 0. The molecule has 0 saturated carbocycles. The predicted molar refractivity (Wildman–Crippen MR) is 393 cm³/mol. The fraction of sp³-hybridized carbons (Fsp3) is 0.928. The van der Waals surface area contributed by atoms with Crippen LogP contribution in [-0.4, -0.2) is 47.4 Å². The van der Waals surface area contributed by atoms with Crippen molar-refractivity contribution in [2.24, 2.45) is 0 Å². The number of hydrogen-bond donors (Lipinski definition) is 3. The van der Waals surface area contributed by atoms with Crippen molar-refractivity contribution in [3.05, 3.63) is 24.3 Å². The first-order valence-corrected chi connectivity index (χ1v) is 41.1. The molecule has 0 saturated heterocycles. The lowest BCUT2D eigenvalue weighted by molar-refractivity contribution is -0.143. The maximum atomic E-state index is 12.5. The van der Waals surface area contributed by atoms with Crippen LogP contribution in [0.1, 0.15) is 470 Å². The molecule has 0 heterocycles. The second-order valence-corrected chi connectivity index (χ2v) is 28.5. The largest absolute Gasteiger partial charge is 0.466 e. The third-order valence-electron chi connectivity index (χ3n) is 19.5. The summed E-state index contributed by atoms with van der Waals surface area (Å²) in [5, 5.41) is 23.2. The van der Waals surface area contributed by atoms with Crippen molar-refractivity contribution < 1.29 is 24.5 Å². The monoisotopic (exact) mass is 1250 g/mol. The second-order valence-electron chi connectivity index (χ2n) is 28.5. The van der Waals surface area contributed by atoms with Crippen LogP contribution in [0.4, 0.5) is 0 Å². The van der Waals surface area contributed by atoms with E-state index in [0.717, 1.165) is 38.5 Å². The molecule has 0 fully saturated rings. The molecule has 0 aliphatic heterocycles. The average Bonchev–Trinajstić information content (AvgIpc) is 3.62. The van der Waals surface area contributed by atoms with Crippen LogP contribution in [0.2, 0.25) is 0 Å². The van der Waals surface area contributed by atoms with Crippen molar-refractivity contribution in [1.82, 2.24) is 5.32 Å². The van der Waals surface area contributed by atoms with Crippen LogP contribution >= 0.6 is 0 Å². The number of esters is 1. The Morgan fingerprint density at radius 2 is 0.528 bits per heavy atom. The lowest BCUT2D eigenvalue weighted by atomic mass is 10.0. The average molecular weight is 1250 g/mol. The number of aliphatic hydroxyl groups is 2. The molecule has 0 radical (unpaired) electrons. The Labute approximate surface area is 558 Å². The molecule has 3 N–H and O–H groups in total. The molecule has 0 aromatic rings. The van der Waals surface area contributed by atoms with E-state index in [9.17, 15) is 19.8 Å². The zero-order valence-corrected chi connectivity index (χ0v) is 60.7. The van der Waals surface area contributed by atoms with Gasteiger partial charge in [-0.1, -0.05) is 423 Å². The standard InChI is InChI=1S/C83H161NO5/c1-3-5-7-9-11-13-15-17-19-44-47-51-55-59-63-67-71-75-81(86)80(79-85)84-82(87)76-72-68-64-60-56-52-48-45-42-40-38-36-34-32-30-28-26-24-22-21-23-25-27-29-31-33-35-37-39-41-43-46-50-54-58-62-66-70-74-78-89-83(88)77-73-69-65-61-57-53-49-20-18-16-14-12-10-8-6-4-2/h21-22,71,75,80-81,85-86H,3-20,23-70,72-74,76-79H2,1-2H3,(H,84,87)/b22-21-,75-71+. The summed E-state index contributed by atoms with van der Waals surface area (Å²) in [5.74, 6) is -0.0329. The molecule has 6 nitrogen and oxygen atoms in total. The van der Waals surface area contributed by atoms with Crippen LogP contribution in [-0.2, 0) is 14.3 Å². The summed E-state index contributed by atoms with van der Waals surface area (Å²) in [5.41, 5.74) is 0. The molecule has 6 heteroatoms. The van der Waals surface area contributed by atoms with Gasteiger partial charge in [0.25, 0.3) is 0 Å². The van der Waals surface area contributed by atoms with E-state index in [1.54, 1.807) is 6.08 Å². The minimum absolute atomic E-state index is 0.0268. The lowest BCUT2D eigenvalue weighted by Crippen LogP contribution is -2.45. The molecule has 2 atom stereocenters. The Hall–Kier alpha value is -1.66. The molecule has 89 heavy (non-hydrogen) atoms. The molecule has 0 spiro atoms. The van der Waals surface area contributed by atoms with Gasteiger partial charge in [0.05, 0.1) is 25.4 Å². The maximum absolute atomic E-state index is 12.5. The highest BCUT2D eigenvalue weighted by atomic mass is 16.5. The van der Waals surface area contributed by atoms with E-state index >= 15 is 0 Å². The van der Waals surface area contributed by atoms with Crippen molar-refractivity contribution >= 4 is 11.9 Å². The minimum Gasteiger partial charge on any atom is -0.466 e. The fourth-order valence-electron chi connectivity index (χ4n) is 13.2. The number of ether oxygens (including phenoxy) is 1. The van der Waals surface area contributed by atoms with Gasteiger partial charge in [0.1, 0.15) is 0 Å². The molecule has 0 aliphatic carbocycles. The smallest absolute Gasteiger partial charge is 0.305 e. The Bertz CT molecular complexity index is 1400. The Morgan fingerprint density at radius 1 is 0.303 bits per heavy atom. The van der Waals surface area contributed by atoms with Gasteiger partial charge in [-0.05, 0) is 57.8 Å². The number of carbonyl (C=O) groups is 2. The van der Waals surface area contributed by atoms with Crippen LogP contribution in [0.15, 0.2) is 24.3 Å². The van der Waals surface area contributed by atoms with E-state index in [0.29, 0.717) is 19.4 Å². The van der Waals surface area contributed by atoms with Crippen molar-refractivity contribution in [2.75, 3.05) is 13.2 Å². The number of hydrogen-bond acceptors (Lipinski definition) is 5. The van der Waals surface area contributed by atoms with Crippen LogP contribution in [0, 0.1) is 0 Å². The molecular weight excluding hydrogens is 1090 g/mol. The third-order valence-corrected chi connectivity index (χ3v) is 19.5. The summed E-state index contributed by atoms with van der Waals surface area (Å²) in [4.78, 5) is 24.6. The number of rotatable bonds is 78. The molecule has 1 amide bonds. The Kier molecular flexibility index (Phi) is 77.3. The van der Waals surface area contributed by atoms with E-state index in [-0.39, 0.29) is 18.5 Å². The number of amides is 1. The fourth-order valence-corrected chi connectivity index (χ4v) is 13.2. The van der Waals surface area contributed by atoms with Crippen LogP contribution in [0.3, 0.4) is 0 Å². The van der Waals surface area contributed by atoms with Crippen molar-refractivity contribution in [2.45, 2.75) is 482 Å². The molecule has 0 aromatic heterocycles. The highest BCUT2D eigenvalue weighted by Gasteiger charge is 2.18. The molecule has 0 rings (SSSR count). The van der Waals surface area contributed by atoms with Gasteiger partial charge in [0.15, 0.2) is 0 Å². The summed E-state index contributed by atoms with van der Waals surface area (Å²) in [6.07, 6.45) is 102. The molecular formula is C83H161NO5. The molecule has 0 bridgehead atoms. The van der Waals surface area contributed by atoms with Crippen LogP contribution in [0.25, 0.3) is 0 Å². The molecule has 0 aliphatic rings. The summed E-state index contributed by atoms with van der Waals surface area (Å²) in [6.45, 7) is 4.96. The SMILES string of the molecule is CCCCCCCCCCCCCCCCC/C=C/C(O)C(CO)NC(=O)CCCCCCCCCCCCCCCCCCC/C=C\CCCCCCCCCCCCCCCCCCCCOC(=O)CCCCCCCCCCCCCCCCCC. The topological polar surface area (TPSA) is 95.9 Å². The van der Waals surface area contributed by atoms with E-state index in [2.05, 4.69) is 31.3 Å². The number of carbonyl (C=O) groups excluding carboxylic acids is 2. The van der Waals surface area contributed by atoms with E-state index in [1.807, 2.05) is 6.08 Å². The summed E-state index contributed by atoms with van der Waals surface area (Å²) < 4.78 is 5.51. The van der Waals surface area contributed by atoms with Gasteiger partial charge >= 0.3 is 5.97 Å². The normalized spacial score (nSPS) is 12.5. The van der Waals surface area contributed by atoms with Crippen LogP contribution in [0.5, 0.6) is 0 Å². The highest BCUT2D eigenvalue weighted by molar-refractivity contribution is 5.76. The minimum atomic E-state index is -0.841. The highest BCUT2D eigenvalue weighted by Crippen LogP contribution is 2.20. The Morgan fingerprint density at radius 3 is 0.798 bits per heavy atom. The van der Waals surface area contributed by atoms with Crippen molar-refractivity contribution in [1.29, 1.82) is 0 Å². The van der Waals surface area contributed by atoms with E-state index in [4.69, 9.17) is 4.74 Å². The van der Waals surface area contributed by atoms with Gasteiger partial charge in [-0.15, -0.1) is 0 Å². The van der Waals surface area contributed by atoms with Gasteiger partial charge in [0, 0.05) is 12.8 Å². The molecule has 528 valence electrons. The maximum Gasteiger partial charge on any atom is 0.305 e. The zero-order valence-electron chi connectivity index (χ0n) is 60.7. The predicted octanol–water partition coefficient (Wildman–Crippen LogP) is 27.2. The lowest BCUT2D eigenvalue weighted by Gasteiger charge is -2.20. The van der Waals surface area contributed by atoms with Crippen molar-refractivity contribution in [3.63, 3.8) is 0 Å². The molecule has 0 aromatic carbocycles.